The van der Waals surface area contributed by atoms with Crippen molar-refractivity contribution in [1.82, 2.24) is 4.98 Å². The van der Waals surface area contributed by atoms with Crippen LogP contribution in [0.5, 0.6) is 0 Å². The van der Waals surface area contributed by atoms with E-state index in [1.165, 1.54) is 0 Å². The standard InChI is InChI=1S/C8H8BrNO/c1-6(11)8(9)7-3-2-4-10-5-7/h2-5,8H,1H3. The summed E-state index contributed by atoms with van der Waals surface area (Å²) in [4.78, 5) is 14.6. The van der Waals surface area contributed by atoms with Gasteiger partial charge in [-0.1, -0.05) is 22.0 Å². The van der Waals surface area contributed by atoms with Gasteiger partial charge in [0.25, 0.3) is 0 Å². The fourth-order valence-corrected chi connectivity index (χ4v) is 1.03. The summed E-state index contributed by atoms with van der Waals surface area (Å²) in [5.41, 5.74) is 0.903. The summed E-state index contributed by atoms with van der Waals surface area (Å²) in [6.07, 6.45) is 3.37. The molecule has 0 fully saturated rings. The summed E-state index contributed by atoms with van der Waals surface area (Å²) in [5.74, 6) is 0.0954. The average molecular weight is 214 g/mol. The van der Waals surface area contributed by atoms with Crippen molar-refractivity contribution in [3.63, 3.8) is 0 Å². The number of hydrogen-bond acceptors (Lipinski definition) is 2. The Morgan fingerprint density at radius 3 is 2.91 bits per heavy atom. The molecule has 1 unspecified atom stereocenters. The Balaban J connectivity index is 2.85. The van der Waals surface area contributed by atoms with Gasteiger partial charge in [-0.2, -0.15) is 0 Å². The lowest BCUT2D eigenvalue weighted by molar-refractivity contribution is -0.116. The zero-order valence-corrected chi connectivity index (χ0v) is 7.71. The smallest absolute Gasteiger partial charge is 0.147 e. The van der Waals surface area contributed by atoms with E-state index in [0.717, 1.165) is 5.56 Å². The van der Waals surface area contributed by atoms with Gasteiger partial charge in [-0.15, -0.1) is 0 Å². The van der Waals surface area contributed by atoms with Crippen molar-refractivity contribution in [3.8, 4) is 0 Å². The number of alkyl halides is 1. The first-order chi connectivity index (χ1) is 5.22. The molecule has 0 amide bonds. The number of halogens is 1. The highest BCUT2D eigenvalue weighted by molar-refractivity contribution is 9.09. The molecular formula is C8H8BrNO. The first-order valence-electron chi connectivity index (χ1n) is 3.26. The van der Waals surface area contributed by atoms with Crippen molar-refractivity contribution in [2.24, 2.45) is 0 Å². The molecule has 0 spiro atoms. The third-order valence-corrected chi connectivity index (χ3v) is 2.51. The first kappa shape index (κ1) is 8.40. The fourth-order valence-electron chi connectivity index (χ4n) is 0.761. The van der Waals surface area contributed by atoms with Crippen LogP contribution in [0.15, 0.2) is 24.5 Å². The van der Waals surface area contributed by atoms with E-state index in [9.17, 15) is 4.79 Å². The van der Waals surface area contributed by atoms with E-state index in [1.54, 1.807) is 19.3 Å². The Hall–Kier alpha value is -0.700. The molecule has 0 aromatic carbocycles. The van der Waals surface area contributed by atoms with Gasteiger partial charge in [0.05, 0.1) is 4.83 Å². The van der Waals surface area contributed by atoms with Gasteiger partial charge in [0.1, 0.15) is 5.78 Å². The lowest BCUT2D eigenvalue weighted by atomic mass is 10.2. The Bertz CT molecular complexity index is 248. The zero-order chi connectivity index (χ0) is 8.27. The number of nitrogens with zero attached hydrogens (tertiary/aromatic N) is 1. The Labute approximate surface area is 73.8 Å². The fraction of sp³-hybridized carbons (Fsp3) is 0.250. The minimum atomic E-state index is -0.212. The largest absolute Gasteiger partial charge is 0.298 e. The number of hydrogen-bond donors (Lipinski definition) is 0. The van der Waals surface area contributed by atoms with E-state index in [-0.39, 0.29) is 10.6 Å². The summed E-state index contributed by atoms with van der Waals surface area (Å²) in [6, 6.07) is 3.68. The van der Waals surface area contributed by atoms with Gasteiger partial charge in [-0.25, -0.2) is 0 Å². The van der Waals surface area contributed by atoms with Gasteiger partial charge in [0.15, 0.2) is 0 Å². The molecule has 11 heavy (non-hydrogen) atoms. The summed E-state index contributed by atoms with van der Waals surface area (Å²) < 4.78 is 0. The van der Waals surface area contributed by atoms with Crippen LogP contribution in [-0.4, -0.2) is 10.8 Å². The van der Waals surface area contributed by atoms with E-state index in [2.05, 4.69) is 20.9 Å². The van der Waals surface area contributed by atoms with Gasteiger partial charge in [0.2, 0.25) is 0 Å². The van der Waals surface area contributed by atoms with Crippen molar-refractivity contribution >= 4 is 21.7 Å². The number of rotatable bonds is 2. The van der Waals surface area contributed by atoms with E-state index in [0.29, 0.717) is 0 Å². The highest BCUT2D eigenvalue weighted by Gasteiger charge is 2.11. The minimum Gasteiger partial charge on any atom is -0.298 e. The third kappa shape index (κ3) is 2.12. The highest BCUT2D eigenvalue weighted by Crippen LogP contribution is 2.21. The van der Waals surface area contributed by atoms with Crippen LogP contribution >= 0.6 is 15.9 Å². The lowest BCUT2D eigenvalue weighted by Gasteiger charge is -2.03. The van der Waals surface area contributed by atoms with Gasteiger partial charge in [-0.3, -0.25) is 9.78 Å². The molecule has 0 aliphatic carbocycles. The average Bonchev–Trinajstić information content (AvgIpc) is 2.05. The molecule has 0 saturated carbocycles. The molecule has 1 aromatic heterocycles. The summed E-state index contributed by atoms with van der Waals surface area (Å²) in [5, 5.41) is 0. The Morgan fingerprint density at radius 2 is 2.45 bits per heavy atom. The number of ketones is 1. The number of Topliss-reactive ketones (excluding diaryl/α,β-unsaturated/α-hetero) is 1. The van der Waals surface area contributed by atoms with Crippen LogP contribution in [0.4, 0.5) is 0 Å². The van der Waals surface area contributed by atoms with Crippen molar-refractivity contribution in [2.45, 2.75) is 11.8 Å². The van der Waals surface area contributed by atoms with Gasteiger partial charge >= 0.3 is 0 Å². The number of carbonyl (C=O) groups is 1. The van der Waals surface area contributed by atoms with Gasteiger partial charge in [0, 0.05) is 12.4 Å². The Morgan fingerprint density at radius 1 is 1.73 bits per heavy atom. The predicted molar refractivity (Wildman–Crippen MR) is 46.6 cm³/mol. The normalized spacial score (nSPS) is 12.5. The minimum absolute atomic E-state index is 0.0954. The van der Waals surface area contributed by atoms with Crippen LogP contribution in [0.1, 0.15) is 17.3 Å². The lowest BCUT2D eigenvalue weighted by Crippen LogP contribution is -2.00. The Kier molecular flexibility index (Phi) is 2.76. The molecule has 3 heteroatoms. The zero-order valence-electron chi connectivity index (χ0n) is 6.12. The van der Waals surface area contributed by atoms with Crippen molar-refractivity contribution in [2.75, 3.05) is 0 Å². The second kappa shape index (κ2) is 3.62. The topological polar surface area (TPSA) is 30.0 Å². The maximum Gasteiger partial charge on any atom is 0.147 e. The van der Waals surface area contributed by atoms with E-state index >= 15 is 0 Å². The molecule has 58 valence electrons. The summed E-state index contributed by atoms with van der Waals surface area (Å²) in [6.45, 7) is 1.55. The van der Waals surface area contributed by atoms with Crippen LogP contribution in [0, 0.1) is 0 Å². The van der Waals surface area contributed by atoms with Gasteiger partial charge in [-0.05, 0) is 18.6 Å². The molecule has 1 aromatic rings. The van der Waals surface area contributed by atoms with E-state index in [4.69, 9.17) is 0 Å². The molecule has 0 radical (unpaired) electrons. The first-order valence-corrected chi connectivity index (χ1v) is 4.18. The number of carbonyl (C=O) groups excluding carboxylic acids is 1. The molecule has 0 saturated heterocycles. The third-order valence-electron chi connectivity index (χ3n) is 1.33. The molecule has 1 rings (SSSR count). The van der Waals surface area contributed by atoms with Crippen LogP contribution in [0.2, 0.25) is 0 Å². The van der Waals surface area contributed by atoms with Crippen LogP contribution in [0.25, 0.3) is 0 Å². The second-order valence-electron chi connectivity index (χ2n) is 2.26. The van der Waals surface area contributed by atoms with Crippen LogP contribution < -0.4 is 0 Å². The van der Waals surface area contributed by atoms with E-state index in [1.807, 2.05) is 12.1 Å². The highest BCUT2D eigenvalue weighted by atomic mass is 79.9. The van der Waals surface area contributed by atoms with Crippen LogP contribution in [-0.2, 0) is 4.79 Å². The summed E-state index contributed by atoms with van der Waals surface area (Å²) >= 11 is 3.26. The molecule has 0 bridgehead atoms. The molecule has 0 aliphatic rings. The number of pyridine rings is 1. The monoisotopic (exact) mass is 213 g/mol. The molecular weight excluding hydrogens is 206 g/mol. The summed E-state index contributed by atoms with van der Waals surface area (Å²) in [7, 11) is 0. The molecule has 0 aliphatic heterocycles. The second-order valence-corrected chi connectivity index (χ2v) is 3.18. The van der Waals surface area contributed by atoms with Crippen molar-refractivity contribution < 1.29 is 4.79 Å². The van der Waals surface area contributed by atoms with E-state index < -0.39 is 0 Å². The molecule has 1 heterocycles. The maximum atomic E-state index is 10.9. The molecule has 1 atom stereocenters. The maximum absolute atomic E-state index is 10.9. The van der Waals surface area contributed by atoms with Crippen molar-refractivity contribution in [1.29, 1.82) is 0 Å². The predicted octanol–water partition coefficient (Wildman–Crippen LogP) is 2.11. The van der Waals surface area contributed by atoms with Gasteiger partial charge < -0.3 is 0 Å². The molecule has 0 N–H and O–H groups in total. The SMILES string of the molecule is CC(=O)C(Br)c1cccnc1. The molecule has 2 nitrogen and oxygen atoms in total. The quantitative estimate of drug-likeness (QED) is 0.705. The number of aromatic nitrogens is 1. The van der Waals surface area contributed by atoms with Crippen LogP contribution in [0.3, 0.4) is 0 Å². The van der Waals surface area contributed by atoms with Crippen molar-refractivity contribution in [3.05, 3.63) is 30.1 Å².